The minimum atomic E-state index is 0.620. The van der Waals surface area contributed by atoms with Gasteiger partial charge >= 0.3 is 0 Å². The average molecular weight is 250 g/mol. The fourth-order valence-electron chi connectivity index (χ4n) is 3.08. The normalized spacial score (nSPS) is 17.7. The Kier molecular flexibility index (Phi) is 4.15. The quantitative estimate of drug-likeness (QED) is 0.839. The second kappa shape index (κ2) is 5.63. The molecule has 0 radical (unpaired) electrons. The Labute approximate surface area is 110 Å². The van der Waals surface area contributed by atoms with Crippen LogP contribution in [0.5, 0.6) is 0 Å². The lowest BCUT2D eigenvalue weighted by Crippen LogP contribution is -2.33. The van der Waals surface area contributed by atoms with Gasteiger partial charge in [0.1, 0.15) is 5.82 Å². The minimum Gasteiger partial charge on any atom is -0.394 e. The van der Waals surface area contributed by atoms with Crippen molar-refractivity contribution in [1.29, 1.82) is 0 Å². The fraction of sp³-hybridized carbons (Fsp3) is 0.786. The van der Waals surface area contributed by atoms with Gasteiger partial charge in [-0.1, -0.05) is 32.6 Å². The molecule has 1 fully saturated rings. The molecule has 4 heteroatoms. The molecule has 0 unspecified atom stereocenters. The summed E-state index contributed by atoms with van der Waals surface area (Å²) in [5, 5.41) is 4.52. The predicted octanol–water partition coefficient (Wildman–Crippen LogP) is 2.72. The van der Waals surface area contributed by atoms with Crippen molar-refractivity contribution in [2.75, 3.05) is 17.7 Å². The number of anilines is 2. The second-order valence-corrected chi connectivity index (χ2v) is 5.42. The predicted molar refractivity (Wildman–Crippen MR) is 76.9 cm³/mol. The van der Waals surface area contributed by atoms with Crippen molar-refractivity contribution in [3.05, 3.63) is 5.69 Å². The van der Waals surface area contributed by atoms with Gasteiger partial charge in [0.2, 0.25) is 0 Å². The SMILES string of the molecule is CCc1nn(C)c(N(C)C2CCCCCC2)c1N. The van der Waals surface area contributed by atoms with Crippen LogP contribution < -0.4 is 10.6 Å². The Hall–Kier alpha value is -1.19. The summed E-state index contributed by atoms with van der Waals surface area (Å²) in [6.07, 6.45) is 8.90. The molecule has 0 spiro atoms. The van der Waals surface area contributed by atoms with Crippen LogP contribution in [0.1, 0.15) is 51.1 Å². The van der Waals surface area contributed by atoms with Crippen molar-refractivity contribution in [1.82, 2.24) is 9.78 Å². The van der Waals surface area contributed by atoms with E-state index in [1.165, 1.54) is 38.5 Å². The molecule has 0 saturated heterocycles. The molecule has 1 aliphatic carbocycles. The third-order valence-corrected chi connectivity index (χ3v) is 4.17. The molecule has 0 aliphatic heterocycles. The van der Waals surface area contributed by atoms with E-state index in [2.05, 4.69) is 24.0 Å². The van der Waals surface area contributed by atoms with E-state index in [0.29, 0.717) is 6.04 Å². The van der Waals surface area contributed by atoms with Crippen LogP contribution in [0.2, 0.25) is 0 Å². The first-order chi connectivity index (χ1) is 8.65. The minimum absolute atomic E-state index is 0.620. The van der Waals surface area contributed by atoms with E-state index in [1.54, 1.807) is 0 Å². The largest absolute Gasteiger partial charge is 0.394 e. The van der Waals surface area contributed by atoms with E-state index >= 15 is 0 Å². The van der Waals surface area contributed by atoms with Gasteiger partial charge in [0, 0.05) is 20.1 Å². The molecule has 1 heterocycles. The molecule has 18 heavy (non-hydrogen) atoms. The van der Waals surface area contributed by atoms with Crippen molar-refractivity contribution in [2.24, 2.45) is 7.05 Å². The summed E-state index contributed by atoms with van der Waals surface area (Å²) in [5.74, 6) is 1.10. The fourth-order valence-corrected chi connectivity index (χ4v) is 3.08. The molecule has 1 aromatic rings. The first-order valence-corrected chi connectivity index (χ1v) is 7.19. The zero-order valence-corrected chi connectivity index (χ0v) is 11.9. The van der Waals surface area contributed by atoms with E-state index in [9.17, 15) is 0 Å². The Bertz CT molecular complexity index is 389. The van der Waals surface area contributed by atoms with Crippen LogP contribution >= 0.6 is 0 Å². The van der Waals surface area contributed by atoms with Gasteiger partial charge in [0.25, 0.3) is 0 Å². The molecular weight excluding hydrogens is 224 g/mol. The van der Waals surface area contributed by atoms with Gasteiger partial charge < -0.3 is 10.6 Å². The highest BCUT2D eigenvalue weighted by molar-refractivity contribution is 5.66. The summed E-state index contributed by atoms with van der Waals surface area (Å²) in [4.78, 5) is 2.35. The van der Waals surface area contributed by atoms with Crippen LogP contribution in [0.15, 0.2) is 0 Å². The lowest BCUT2D eigenvalue weighted by atomic mass is 10.1. The zero-order valence-electron chi connectivity index (χ0n) is 11.9. The summed E-state index contributed by atoms with van der Waals surface area (Å²) in [6.45, 7) is 2.11. The monoisotopic (exact) mass is 250 g/mol. The summed E-state index contributed by atoms with van der Waals surface area (Å²) in [7, 11) is 4.17. The molecule has 0 atom stereocenters. The van der Waals surface area contributed by atoms with Crippen LogP contribution in [-0.2, 0) is 13.5 Å². The van der Waals surface area contributed by atoms with E-state index < -0.39 is 0 Å². The molecule has 2 rings (SSSR count). The summed E-state index contributed by atoms with van der Waals surface area (Å²) >= 11 is 0. The number of aromatic nitrogens is 2. The second-order valence-electron chi connectivity index (χ2n) is 5.42. The van der Waals surface area contributed by atoms with Crippen molar-refractivity contribution in [3.8, 4) is 0 Å². The maximum absolute atomic E-state index is 6.24. The van der Waals surface area contributed by atoms with Crippen LogP contribution in [0.4, 0.5) is 11.5 Å². The Morgan fingerprint density at radius 2 is 1.89 bits per heavy atom. The lowest BCUT2D eigenvalue weighted by Gasteiger charge is -2.29. The molecular formula is C14H26N4. The molecule has 0 bridgehead atoms. The van der Waals surface area contributed by atoms with Gasteiger partial charge in [-0.3, -0.25) is 4.68 Å². The number of hydrogen-bond acceptors (Lipinski definition) is 3. The highest BCUT2D eigenvalue weighted by atomic mass is 15.4. The van der Waals surface area contributed by atoms with Gasteiger partial charge in [0.05, 0.1) is 11.4 Å². The Morgan fingerprint density at radius 1 is 1.28 bits per heavy atom. The van der Waals surface area contributed by atoms with Gasteiger partial charge in [0.15, 0.2) is 0 Å². The van der Waals surface area contributed by atoms with Crippen molar-refractivity contribution >= 4 is 11.5 Å². The molecule has 0 amide bonds. The number of hydrogen-bond donors (Lipinski definition) is 1. The van der Waals surface area contributed by atoms with E-state index in [0.717, 1.165) is 23.6 Å². The van der Waals surface area contributed by atoms with E-state index in [4.69, 9.17) is 5.73 Å². The first-order valence-electron chi connectivity index (χ1n) is 7.19. The molecule has 102 valence electrons. The maximum atomic E-state index is 6.24. The van der Waals surface area contributed by atoms with E-state index in [-0.39, 0.29) is 0 Å². The van der Waals surface area contributed by atoms with Crippen molar-refractivity contribution in [2.45, 2.75) is 57.9 Å². The third-order valence-electron chi connectivity index (χ3n) is 4.17. The summed E-state index contributed by atoms with van der Waals surface area (Å²) < 4.78 is 1.94. The Morgan fingerprint density at radius 3 is 2.39 bits per heavy atom. The van der Waals surface area contributed by atoms with Crippen LogP contribution in [0.25, 0.3) is 0 Å². The number of nitrogens with zero attached hydrogens (tertiary/aromatic N) is 3. The van der Waals surface area contributed by atoms with E-state index in [1.807, 2.05) is 11.7 Å². The molecule has 1 aliphatic rings. The first kappa shape index (κ1) is 13.2. The standard InChI is InChI=1S/C14H26N4/c1-4-12-13(15)14(18(3)16-12)17(2)11-9-7-5-6-8-10-11/h11H,4-10,15H2,1-3H3. The molecule has 1 saturated carbocycles. The van der Waals surface area contributed by atoms with Gasteiger partial charge in [-0.25, -0.2) is 0 Å². The summed E-state index contributed by atoms with van der Waals surface area (Å²) in [6, 6.07) is 0.620. The average Bonchev–Trinajstić information content (AvgIpc) is 2.58. The number of rotatable bonds is 3. The number of aryl methyl sites for hydroxylation is 2. The van der Waals surface area contributed by atoms with Crippen molar-refractivity contribution < 1.29 is 0 Å². The van der Waals surface area contributed by atoms with Crippen LogP contribution in [0, 0.1) is 0 Å². The Balaban J connectivity index is 2.21. The third kappa shape index (κ3) is 2.47. The number of nitrogen functional groups attached to an aromatic ring is 1. The topological polar surface area (TPSA) is 47.1 Å². The molecule has 4 nitrogen and oxygen atoms in total. The molecule has 0 aromatic carbocycles. The van der Waals surface area contributed by atoms with Crippen LogP contribution in [0.3, 0.4) is 0 Å². The van der Waals surface area contributed by atoms with Crippen LogP contribution in [-0.4, -0.2) is 22.9 Å². The smallest absolute Gasteiger partial charge is 0.150 e. The highest BCUT2D eigenvalue weighted by Crippen LogP contribution is 2.30. The summed E-state index contributed by atoms with van der Waals surface area (Å²) in [5.41, 5.74) is 8.12. The van der Waals surface area contributed by atoms with Gasteiger partial charge in [-0.2, -0.15) is 5.10 Å². The zero-order chi connectivity index (χ0) is 13.1. The highest BCUT2D eigenvalue weighted by Gasteiger charge is 2.23. The number of nitrogens with two attached hydrogens (primary N) is 1. The maximum Gasteiger partial charge on any atom is 0.150 e. The molecule has 2 N–H and O–H groups in total. The van der Waals surface area contributed by atoms with Crippen molar-refractivity contribution in [3.63, 3.8) is 0 Å². The van der Waals surface area contributed by atoms with Gasteiger partial charge in [-0.05, 0) is 19.3 Å². The molecule has 1 aromatic heterocycles. The van der Waals surface area contributed by atoms with Gasteiger partial charge in [-0.15, -0.1) is 0 Å². The lowest BCUT2D eigenvalue weighted by molar-refractivity contribution is 0.539.